The summed E-state index contributed by atoms with van der Waals surface area (Å²) in [6.07, 6.45) is 6.11. The van der Waals surface area contributed by atoms with Gasteiger partial charge in [-0.25, -0.2) is 0 Å². The molecule has 3 aliphatic rings. The third kappa shape index (κ3) is 3.99. The summed E-state index contributed by atoms with van der Waals surface area (Å²) in [6.45, 7) is 7.06. The first-order valence-electron chi connectivity index (χ1n) is 10.5. The highest BCUT2D eigenvalue weighted by atomic mass is 79.9. The van der Waals surface area contributed by atoms with Crippen molar-refractivity contribution in [1.82, 2.24) is 15.1 Å². The molecule has 1 saturated carbocycles. The van der Waals surface area contributed by atoms with Crippen LogP contribution in [0.2, 0.25) is 0 Å². The summed E-state index contributed by atoms with van der Waals surface area (Å²) in [6, 6.07) is 6.72. The van der Waals surface area contributed by atoms with E-state index in [4.69, 9.17) is 0 Å². The molecule has 1 saturated heterocycles. The van der Waals surface area contributed by atoms with E-state index in [0.29, 0.717) is 12.1 Å². The summed E-state index contributed by atoms with van der Waals surface area (Å²) in [4.78, 5) is 29.9. The molecule has 4 rings (SSSR count). The van der Waals surface area contributed by atoms with Crippen molar-refractivity contribution >= 4 is 27.7 Å². The van der Waals surface area contributed by atoms with Gasteiger partial charge in [-0.3, -0.25) is 14.5 Å². The number of nitrogens with zero attached hydrogens (tertiary/aromatic N) is 2. The molecule has 0 unspecified atom stereocenters. The Hall–Kier alpha value is -1.40. The van der Waals surface area contributed by atoms with Gasteiger partial charge in [-0.2, -0.15) is 0 Å². The van der Waals surface area contributed by atoms with E-state index in [9.17, 15) is 9.59 Å². The predicted molar refractivity (Wildman–Crippen MR) is 113 cm³/mol. The Kier molecular flexibility index (Phi) is 5.53. The first-order chi connectivity index (χ1) is 13.3. The van der Waals surface area contributed by atoms with Gasteiger partial charge in [0.05, 0.1) is 6.54 Å². The Morgan fingerprint density at radius 3 is 2.75 bits per heavy atom. The number of carbonyl (C=O) groups excluding carboxylic acids is 2. The van der Waals surface area contributed by atoms with E-state index >= 15 is 0 Å². The molecule has 1 aliphatic carbocycles. The van der Waals surface area contributed by atoms with Crippen LogP contribution in [-0.2, 0) is 10.2 Å². The van der Waals surface area contributed by atoms with Gasteiger partial charge in [0.1, 0.15) is 0 Å². The van der Waals surface area contributed by atoms with Gasteiger partial charge in [-0.15, -0.1) is 0 Å². The van der Waals surface area contributed by atoms with Crippen molar-refractivity contribution in [2.45, 2.75) is 63.5 Å². The maximum Gasteiger partial charge on any atom is 0.254 e. The fourth-order valence-corrected chi connectivity index (χ4v) is 5.21. The second-order valence-electron chi connectivity index (χ2n) is 9.22. The zero-order valence-corrected chi connectivity index (χ0v) is 18.4. The van der Waals surface area contributed by atoms with Crippen LogP contribution in [0.3, 0.4) is 0 Å². The van der Waals surface area contributed by atoms with Crippen molar-refractivity contribution in [2.75, 3.05) is 26.2 Å². The number of benzene rings is 1. The minimum absolute atomic E-state index is 0.0369. The number of likely N-dealkylation sites (tertiary alicyclic amines) is 1. The largest absolute Gasteiger partial charge is 0.351 e. The van der Waals surface area contributed by atoms with Crippen molar-refractivity contribution in [2.24, 2.45) is 0 Å². The smallest absolute Gasteiger partial charge is 0.254 e. The van der Waals surface area contributed by atoms with Crippen LogP contribution in [0.5, 0.6) is 0 Å². The Morgan fingerprint density at radius 1 is 1.25 bits per heavy atom. The number of nitrogens with one attached hydrogen (secondary N) is 1. The fourth-order valence-electron chi connectivity index (χ4n) is 4.85. The number of rotatable bonds is 4. The highest BCUT2D eigenvalue weighted by Gasteiger charge is 2.37. The van der Waals surface area contributed by atoms with E-state index in [1.807, 2.05) is 18.2 Å². The highest BCUT2D eigenvalue weighted by molar-refractivity contribution is 9.10. The van der Waals surface area contributed by atoms with Crippen molar-refractivity contribution in [3.63, 3.8) is 0 Å². The lowest BCUT2D eigenvalue weighted by Gasteiger charge is -2.43. The van der Waals surface area contributed by atoms with Crippen LogP contribution >= 0.6 is 15.9 Å². The molecule has 0 aromatic heterocycles. The van der Waals surface area contributed by atoms with Crippen LogP contribution in [0.15, 0.2) is 22.7 Å². The summed E-state index contributed by atoms with van der Waals surface area (Å²) < 4.78 is 0.978. The average molecular weight is 448 g/mol. The molecule has 1 atom stereocenters. The normalized spacial score (nSPS) is 25.2. The molecule has 1 aromatic carbocycles. The topological polar surface area (TPSA) is 52.7 Å². The van der Waals surface area contributed by atoms with E-state index in [1.165, 1.54) is 19.3 Å². The second kappa shape index (κ2) is 7.79. The molecule has 6 heteroatoms. The number of amides is 2. The molecule has 152 valence electrons. The molecule has 1 aromatic rings. The Bertz CT molecular complexity index is 775. The van der Waals surface area contributed by atoms with E-state index < -0.39 is 0 Å². The summed E-state index contributed by atoms with van der Waals surface area (Å²) >= 11 is 3.50. The Labute approximate surface area is 176 Å². The van der Waals surface area contributed by atoms with Gasteiger partial charge in [0.15, 0.2) is 0 Å². The number of piperidine rings is 1. The predicted octanol–water partition coefficient (Wildman–Crippen LogP) is 3.32. The van der Waals surface area contributed by atoms with E-state index in [1.54, 1.807) is 4.90 Å². The molecule has 0 bridgehead atoms. The molecule has 2 amide bonds. The van der Waals surface area contributed by atoms with Crippen LogP contribution < -0.4 is 5.32 Å². The SMILES string of the molecule is CC1(C)CN(CC(=O)N[C@H]2CCCN(C3CCC3)C2)C(=O)c2ccc(Br)cc21. The minimum atomic E-state index is -0.181. The summed E-state index contributed by atoms with van der Waals surface area (Å²) in [5, 5.41) is 3.20. The number of hydrogen-bond acceptors (Lipinski definition) is 3. The monoisotopic (exact) mass is 447 g/mol. The Morgan fingerprint density at radius 2 is 2.04 bits per heavy atom. The molecule has 2 fully saturated rings. The van der Waals surface area contributed by atoms with Gasteiger partial charge in [0, 0.05) is 40.6 Å². The number of halogens is 1. The van der Waals surface area contributed by atoms with Gasteiger partial charge < -0.3 is 10.2 Å². The molecule has 0 spiro atoms. The van der Waals surface area contributed by atoms with Crippen LogP contribution in [0, 0.1) is 0 Å². The first kappa shape index (κ1) is 19.9. The lowest BCUT2D eigenvalue weighted by molar-refractivity contribution is -0.123. The lowest BCUT2D eigenvalue weighted by Crippen LogP contribution is -2.55. The molecule has 5 nitrogen and oxygen atoms in total. The van der Waals surface area contributed by atoms with Crippen molar-refractivity contribution < 1.29 is 9.59 Å². The standard InChI is InChI=1S/C22H30BrN3O2/c1-22(2)14-26(21(28)18-9-8-15(23)11-19(18)22)13-20(27)24-16-5-4-10-25(12-16)17-6-3-7-17/h8-9,11,16-17H,3-7,10,12-14H2,1-2H3,(H,24,27)/t16-/m0/s1. The maximum absolute atomic E-state index is 13.0. The number of carbonyl (C=O) groups is 2. The molecule has 1 N–H and O–H groups in total. The zero-order valence-electron chi connectivity index (χ0n) is 16.8. The fraction of sp³-hybridized carbons (Fsp3) is 0.636. The number of hydrogen-bond donors (Lipinski definition) is 1. The second-order valence-corrected chi connectivity index (χ2v) is 10.1. The molecule has 0 radical (unpaired) electrons. The third-order valence-electron chi connectivity index (χ3n) is 6.56. The van der Waals surface area contributed by atoms with Gasteiger partial charge in [-0.1, -0.05) is 36.2 Å². The maximum atomic E-state index is 13.0. The molecular formula is C22H30BrN3O2. The van der Waals surface area contributed by atoms with Gasteiger partial charge in [0.2, 0.25) is 5.91 Å². The van der Waals surface area contributed by atoms with Crippen LogP contribution in [0.4, 0.5) is 0 Å². The zero-order chi connectivity index (χ0) is 19.9. The first-order valence-corrected chi connectivity index (χ1v) is 11.3. The van der Waals surface area contributed by atoms with Gasteiger partial charge >= 0.3 is 0 Å². The molecule has 28 heavy (non-hydrogen) atoms. The van der Waals surface area contributed by atoms with Crippen LogP contribution in [0.25, 0.3) is 0 Å². The third-order valence-corrected chi connectivity index (χ3v) is 7.05. The average Bonchev–Trinajstić information content (AvgIpc) is 2.58. The molecular weight excluding hydrogens is 418 g/mol. The van der Waals surface area contributed by atoms with Crippen molar-refractivity contribution in [1.29, 1.82) is 0 Å². The summed E-state index contributed by atoms with van der Waals surface area (Å²) in [5.41, 5.74) is 1.58. The molecule has 2 aliphatic heterocycles. The van der Waals surface area contributed by atoms with Gasteiger partial charge in [-0.05, 0) is 56.0 Å². The van der Waals surface area contributed by atoms with E-state index in [2.05, 4.69) is 40.0 Å². The van der Waals surface area contributed by atoms with E-state index in [0.717, 1.165) is 42.0 Å². The number of fused-ring (bicyclic) bond motifs is 1. The summed E-state index contributed by atoms with van der Waals surface area (Å²) in [5.74, 6) is -0.0816. The van der Waals surface area contributed by atoms with Crippen molar-refractivity contribution in [3.8, 4) is 0 Å². The van der Waals surface area contributed by atoms with E-state index in [-0.39, 0.29) is 29.8 Å². The van der Waals surface area contributed by atoms with Crippen molar-refractivity contribution in [3.05, 3.63) is 33.8 Å². The quantitative estimate of drug-likeness (QED) is 0.769. The minimum Gasteiger partial charge on any atom is -0.351 e. The van der Waals surface area contributed by atoms with Crippen LogP contribution in [-0.4, -0.2) is 59.9 Å². The van der Waals surface area contributed by atoms with Gasteiger partial charge in [0.25, 0.3) is 5.91 Å². The summed E-state index contributed by atoms with van der Waals surface area (Å²) in [7, 11) is 0. The van der Waals surface area contributed by atoms with Crippen LogP contribution in [0.1, 0.15) is 61.9 Å². The lowest BCUT2D eigenvalue weighted by atomic mass is 9.78. The molecule has 2 heterocycles. The Balaban J connectivity index is 1.39. The highest BCUT2D eigenvalue weighted by Crippen LogP contribution is 2.35.